The molecule has 0 spiro atoms. The molecule has 5 nitrogen and oxygen atoms in total. The fourth-order valence-corrected chi connectivity index (χ4v) is 2.71. The molecule has 3 aromatic rings. The number of fused-ring (bicyclic) bond motifs is 1. The second kappa shape index (κ2) is 4.89. The van der Waals surface area contributed by atoms with Crippen molar-refractivity contribution in [2.24, 2.45) is 0 Å². The van der Waals surface area contributed by atoms with E-state index >= 15 is 0 Å². The van der Waals surface area contributed by atoms with Gasteiger partial charge in [-0.15, -0.1) is 16.4 Å². The summed E-state index contributed by atoms with van der Waals surface area (Å²) in [6.45, 7) is 2.73. The highest BCUT2D eigenvalue weighted by molar-refractivity contribution is 7.17. The van der Waals surface area contributed by atoms with Crippen molar-refractivity contribution in [2.45, 2.75) is 19.9 Å². The molecule has 0 saturated heterocycles. The summed E-state index contributed by atoms with van der Waals surface area (Å²) in [4.78, 5) is 16.7. The number of hydrogen-bond acceptors (Lipinski definition) is 5. The van der Waals surface area contributed by atoms with Crippen LogP contribution in [0.2, 0.25) is 0 Å². The Balaban J connectivity index is 2.00. The molecule has 0 radical (unpaired) electrons. The lowest BCUT2D eigenvalue weighted by atomic mass is 10.1. The molecule has 19 heavy (non-hydrogen) atoms. The summed E-state index contributed by atoms with van der Waals surface area (Å²) in [5, 5.41) is 9.71. The van der Waals surface area contributed by atoms with Crippen molar-refractivity contribution in [3.63, 3.8) is 0 Å². The molecule has 0 fully saturated rings. The van der Waals surface area contributed by atoms with Crippen LogP contribution in [0.25, 0.3) is 10.2 Å². The molecule has 6 heteroatoms. The van der Waals surface area contributed by atoms with E-state index in [1.54, 1.807) is 22.2 Å². The second-order valence-electron chi connectivity index (χ2n) is 4.20. The zero-order chi connectivity index (χ0) is 13.2. The van der Waals surface area contributed by atoms with Gasteiger partial charge in [-0.25, -0.2) is 4.68 Å². The standard InChI is InChI=1S/C13H12N4OS/c1-2-4-17-11(8-15-16-17)13(18)9-6-12-10(14-7-9)3-5-19-12/h3,5-8H,2,4H2,1H3. The first-order chi connectivity index (χ1) is 9.29. The number of carbonyl (C=O) groups is 1. The minimum atomic E-state index is -0.0822. The van der Waals surface area contributed by atoms with Crippen molar-refractivity contribution >= 4 is 27.3 Å². The minimum Gasteiger partial charge on any atom is -0.287 e. The zero-order valence-corrected chi connectivity index (χ0v) is 11.2. The Labute approximate surface area is 113 Å². The number of rotatable bonds is 4. The molecule has 0 aliphatic carbocycles. The van der Waals surface area contributed by atoms with Gasteiger partial charge >= 0.3 is 0 Å². The number of hydrogen-bond donors (Lipinski definition) is 0. The van der Waals surface area contributed by atoms with Crippen LogP contribution in [-0.2, 0) is 6.54 Å². The number of carbonyl (C=O) groups excluding carboxylic acids is 1. The average Bonchev–Trinajstić information content (AvgIpc) is 3.05. The summed E-state index contributed by atoms with van der Waals surface area (Å²) in [6.07, 6.45) is 4.03. The maximum absolute atomic E-state index is 12.4. The second-order valence-corrected chi connectivity index (χ2v) is 5.15. The van der Waals surface area contributed by atoms with E-state index in [2.05, 4.69) is 15.3 Å². The van der Waals surface area contributed by atoms with Gasteiger partial charge in [0.2, 0.25) is 5.78 Å². The zero-order valence-electron chi connectivity index (χ0n) is 10.4. The largest absolute Gasteiger partial charge is 0.287 e. The summed E-state index contributed by atoms with van der Waals surface area (Å²) >= 11 is 1.58. The Bertz CT molecular complexity index is 731. The Kier molecular flexibility index (Phi) is 3.08. The van der Waals surface area contributed by atoms with Gasteiger partial charge in [0.15, 0.2) is 0 Å². The van der Waals surface area contributed by atoms with Crippen LogP contribution < -0.4 is 0 Å². The van der Waals surface area contributed by atoms with Crippen LogP contribution in [0.1, 0.15) is 29.4 Å². The van der Waals surface area contributed by atoms with Gasteiger partial charge in [-0.3, -0.25) is 9.78 Å². The smallest absolute Gasteiger partial charge is 0.214 e. The monoisotopic (exact) mass is 272 g/mol. The molecular weight excluding hydrogens is 260 g/mol. The van der Waals surface area contributed by atoms with Crippen molar-refractivity contribution < 1.29 is 4.79 Å². The average molecular weight is 272 g/mol. The van der Waals surface area contributed by atoms with Crippen LogP contribution >= 0.6 is 11.3 Å². The van der Waals surface area contributed by atoms with E-state index in [1.165, 1.54) is 6.20 Å². The Morgan fingerprint density at radius 3 is 3.16 bits per heavy atom. The van der Waals surface area contributed by atoms with Gasteiger partial charge in [0, 0.05) is 18.3 Å². The number of thiophene rings is 1. The van der Waals surface area contributed by atoms with Gasteiger partial charge in [-0.05, 0) is 23.9 Å². The fourth-order valence-electron chi connectivity index (χ4n) is 1.93. The Hall–Kier alpha value is -2.08. The molecule has 0 aliphatic heterocycles. The quantitative estimate of drug-likeness (QED) is 0.685. The predicted molar refractivity (Wildman–Crippen MR) is 73.4 cm³/mol. The van der Waals surface area contributed by atoms with Gasteiger partial charge in [0.1, 0.15) is 5.69 Å². The molecule has 0 aromatic carbocycles. The van der Waals surface area contributed by atoms with Crippen molar-refractivity contribution in [1.82, 2.24) is 20.0 Å². The van der Waals surface area contributed by atoms with Gasteiger partial charge in [-0.2, -0.15) is 0 Å². The van der Waals surface area contributed by atoms with Crippen LogP contribution in [0.5, 0.6) is 0 Å². The van der Waals surface area contributed by atoms with E-state index in [1.807, 2.05) is 24.4 Å². The minimum absolute atomic E-state index is 0.0822. The highest BCUT2D eigenvalue weighted by Crippen LogP contribution is 2.20. The van der Waals surface area contributed by atoms with Gasteiger partial charge in [0.05, 0.1) is 16.4 Å². The van der Waals surface area contributed by atoms with Crippen LogP contribution in [0.3, 0.4) is 0 Å². The summed E-state index contributed by atoms with van der Waals surface area (Å²) in [6, 6.07) is 3.82. The number of nitrogens with zero attached hydrogens (tertiary/aromatic N) is 4. The van der Waals surface area contributed by atoms with E-state index < -0.39 is 0 Å². The van der Waals surface area contributed by atoms with Crippen molar-refractivity contribution in [1.29, 1.82) is 0 Å². The first-order valence-corrected chi connectivity index (χ1v) is 6.94. The third-order valence-corrected chi connectivity index (χ3v) is 3.70. The molecule has 3 rings (SSSR count). The Morgan fingerprint density at radius 1 is 1.42 bits per heavy atom. The van der Waals surface area contributed by atoms with Crippen molar-refractivity contribution in [3.8, 4) is 0 Å². The first kappa shape index (κ1) is 12.0. The molecule has 0 bridgehead atoms. The van der Waals surface area contributed by atoms with Crippen LogP contribution in [0.4, 0.5) is 0 Å². The molecule has 0 amide bonds. The molecule has 0 aliphatic rings. The van der Waals surface area contributed by atoms with E-state index in [0.29, 0.717) is 17.8 Å². The third kappa shape index (κ3) is 2.15. The van der Waals surface area contributed by atoms with Gasteiger partial charge in [-0.1, -0.05) is 12.1 Å². The topological polar surface area (TPSA) is 60.7 Å². The summed E-state index contributed by atoms with van der Waals surface area (Å²) in [5.41, 5.74) is 2.01. The number of aryl methyl sites for hydroxylation is 1. The SMILES string of the molecule is CCCn1nncc1C(=O)c1cnc2ccsc2c1. The van der Waals surface area contributed by atoms with Gasteiger partial charge < -0.3 is 0 Å². The molecule has 0 saturated carbocycles. The Morgan fingerprint density at radius 2 is 2.32 bits per heavy atom. The molecular formula is C13H12N4OS. The van der Waals surface area contributed by atoms with E-state index in [-0.39, 0.29) is 5.78 Å². The van der Waals surface area contributed by atoms with Gasteiger partial charge in [0.25, 0.3) is 0 Å². The van der Waals surface area contributed by atoms with Crippen LogP contribution in [0.15, 0.2) is 29.9 Å². The molecule has 3 heterocycles. The lowest BCUT2D eigenvalue weighted by Gasteiger charge is -2.03. The molecule has 0 N–H and O–H groups in total. The summed E-state index contributed by atoms with van der Waals surface area (Å²) in [5.74, 6) is -0.0822. The number of pyridine rings is 1. The molecule has 0 atom stereocenters. The number of aromatic nitrogens is 4. The van der Waals surface area contributed by atoms with Crippen LogP contribution in [-0.4, -0.2) is 25.8 Å². The highest BCUT2D eigenvalue weighted by atomic mass is 32.1. The predicted octanol–water partition coefficient (Wildman–Crippen LogP) is 2.53. The third-order valence-electron chi connectivity index (χ3n) is 2.85. The van der Waals surface area contributed by atoms with Crippen molar-refractivity contribution in [2.75, 3.05) is 0 Å². The summed E-state index contributed by atoms with van der Waals surface area (Å²) < 4.78 is 2.65. The maximum Gasteiger partial charge on any atom is 0.214 e. The lowest BCUT2D eigenvalue weighted by Crippen LogP contribution is -2.11. The highest BCUT2D eigenvalue weighted by Gasteiger charge is 2.16. The molecule has 96 valence electrons. The van der Waals surface area contributed by atoms with E-state index in [9.17, 15) is 4.79 Å². The number of ketones is 1. The van der Waals surface area contributed by atoms with Crippen LogP contribution in [0, 0.1) is 0 Å². The lowest BCUT2D eigenvalue weighted by molar-refractivity contribution is 0.102. The normalized spacial score (nSPS) is 11.0. The maximum atomic E-state index is 12.4. The first-order valence-electron chi connectivity index (χ1n) is 6.06. The fraction of sp³-hybridized carbons (Fsp3) is 0.231. The summed E-state index contributed by atoms with van der Waals surface area (Å²) in [7, 11) is 0. The van der Waals surface area contributed by atoms with E-state index in [4.69, 9.17) is 0 Å². The molecule has 0 unspecified atom stereocenters. The molecule has 3 aromatic heterocycles. The van der Waals surface area contributed by atoms with E-state index in [0.717, 1.165) is 16.6 Å². The van der Waals surface area contributed by atoms with Crippen molar-refractivity contribution in [3.05, 3.63) is 41.2 Å².